The van der Waals surface area contributed by atoms with Crippen LogP contribution in [0.4, 0.5) is 0 Å². The summed E-state index contributed by atoms with van der Waals surface area (Å²) in [7, 11) is 1.62. The van der Waals surface area contributed by atoms with Crippen molar-refractivity contribution in [3.63, 3.8) is 0 Å². The van der Waals surface area contributed by atoms with Crippen LogP contribution in [0.5, 0.6) is 0 Å². The van der Waals surface area contributed by atoms with E-state index in [2.05, 4.69) is 6.07 Å². The van der Waals surface area contributed by atoms with Crippen molar-refractivity contribution in [3.05, 3.63) is 56.2 Å². The highest BCUT2D eigenvalue weighted by Crippen LogP contribution is 2.29. The summed E-state index contributed by atoms with van der Waals surface area (Å²) >= 11 is 3.02. The third-order valence-electron chi connectivity index (χ3n) is 4.27. The lowest BCUT2D eigenvalue weighted by atomic mass is 10.1. The van der Waals surface area contributed by atoms with Crippen LogP contribution in [0.3, 0.4) is 0 Å². The molecule has 134 valence electrons. The minimum atomic E-state index is -0.0232. The van der Waals surface area contributed by atoms with Crippen molar-refractivity contribution in [2.75, 3.05) is 13.7 Å². The van der Waals surface area contributed by atoms with Gasteiger partial charge in [0.25, 0.3) is 5.56 Å². The lowest BCUT2D eigenvalue weighted by Gasteiger charge is -2.12. The number of methoxy groups -OCH3 is 1. The first-order valence-corrected chi connectivity index (χ1v) is 9.97. The summed E-state index contributed by atoms with van der Waals surface area (Å²) in [4.78, 5) is 19.7. The molecule has 0 spiro atoms. The summed E-state index contributed by atoms with van der Waals surface area (Å²) in [6.45, 7) is 4.87. The molecule has 5 nitrogen and oxygen atoms in total. The first kappa shape index (κ1) is 18.6. The van der Waals surface area contributed by atoms with Crippen molar-refractivity contribution >= 4 is 33.3 Å². The molecule has 0 saturated heterocycles. The summed E-state index contributed by atoms with van der Waals surface area (Å²) in [6, 6.07) is 9.71. The Hall–Kier alpha value is -2.14. The van der Waals surface area contributed by atoms with E-state index in [1.165, 1.54) is 11.8 Å². The molecule has 0 fully saturated rings. The highest BCUT2D eigenvalue weighted by atomic mass is 32.2. The highest BCUT2D eigenvalue weighted by Gasteiger charge is 2.17. The Morgan fingerprint density at radius 1 is 1.35 bits per heavy atom. The van der Waals surface area contributed by atoms with Gasteiger partial charge < -0.3 is 4.74 Å². The van der Waals surface area contributed by atoms with Crippen molar-refractivity contribution < 1.29 is 4.74 Å². The van der Waals surface area contributed by atoms with E-state index in [0.29, 0.717) is 35.0 Å². The van der Waals surface area contributed by atoms with Gasteiger partial charge in [0.15, 0.2) is 5.16 Å². The molecule has 0 aliphatic rings. The number of ether oxygens (including phenoxy) is 1. The second kappa shape index (κ2) is 8.04. The van der Waals surface area contributed by atoms with Gasteiger partial charge in [-0.15, -0.1) is 11.3 Å². The molecule has 1 aromatic carbocycles. The Labute approximate surface area is 160 Å². The van der Waals surface area contributed by atoms with E-state index in [4.69, 9.17) is 9.72 Å². The molecule has 2 aromatic heterocycles. The van der Waals surface area contributed by atoms with Crippen molar-refractivity contribution in [2.45, 2.75) is 31.3 Å². The fourth-order valence-electron chi connectivity index (χ4n) is 2.70. The number of hydrogen-bond donors (Lipinski definition) is 0. The van der Waals surface area contributed by atoms with Crippen molar-refractivity contribution in [3.8, 4) is 6.07 Å². The molecule has 0 aliphatic carbocycles. The second-order valence-electron chi connectivity index (χ2n) is 5.86. The largest absolute Gasteiger partial charge is 0.383 e. The second-order valence-corrected chi connectivity index (χ2v) is 8.01. The normalized spacial score (nSPS) is 11.0. The number of benzene rings is 1. The van der Waals surface area contributed by atoms with Gasteiger partial charge in [-0.2, -0.15) is 5.26 Å². The van der Waals surface area contributed by atoms with E-state index in [-0.39, 0.29) is 5.56 Å². The summed E-state index contributed by atoms with van der Waals surface area (Å²) < 4.78 is 6.85. The lowest BCUT2D eigenvalue weighted by Crippen LogP contribution is -2.25. The molecule has 0 saturated carbocycles. The maximum Gasteiger partial charge on any atom is 0.263 e. The first-order valence-electron chi connectivity index (χ1n) is 8.17. The van der Waals surface area contributed by atoms with Gasteiger partial charge in [-0.25, -0.2) is 4.98 Å². The molecule has 3 aromatic rings. The number of aryl methyl sites for hydroxylation is 2. The molecular formula is C19H19N3O2S2. The van der Waals surface area contributed by atoms with Crippen LogP contribution in [-0.2, 0) is 17.0 Å². The quantitative estimate of drug-likeness (QED) is 0.476. The summed E-state index contributed by atoms with van der Waals surface area (Å²) in [6.07, 6.45) is 0. The summed E-state index contributed by atoms with van der Waals surface area (Å²) in [5.41, 5.74) is 2.56. The van der Waals surface area contributed by atoms with E-state index in [1.54, 1.807) is 29.1 Å². The fourth-order valence-corrected chi connectivity index (χ4v) is 4.80. The van der Waals surface area contributed by atoms with Crippen LogP contribution in [0.25, 0.3) is 10.2 Å². The molecule has 0 bridgehead atoms. The molecule has 7 heteroatoms. The van der Waals surface area contributed by atoms with E-state index in [9.17, 15) is 10.1 Å². The SMILES string of the molecule is COCCn1c(SCc2ccccc2C#N)nc2sc(C)c(C)c2c1=O. The minimum Gasteiger partial charge on any atom is -0.383 e. The van der Waals surface area contributed by atoms with Crippen LogP contribution in [0, 0.1) is 25.2 Å². The number of nitrogens with zero attached hydrogens (tertiary/aromatic N) is 3. The molecule has 0 radical (unpaired) electrons. The Bertz CT molecular complexity index is 1050. The molecule has 2 heterocycles. The van der Waals surface area contributed by atoms with E-state index >= 15 is 0 Å². The van der Waals surface area contributed by atoms with Gasteiger partial charge >= 0.3 is 0 Å². The molecule has 0 unspecified atom stereocenters. The average Bonchev–Trinajstić information content (AvgIpc) is 2.93. The Kier molecular flexibility index (Phi) is 5.77. The lowest BCUT2D eigenvalue weighted by molar-refractivity contribution is 0.183. The van der Waals surface area contributed by atoms with Crippen LogP contribution < -0.4 is 5.56 Å². The van der Waals surface area contributed by atoms with Gasteiger partial charge in [0.2, 0.25) is 0 Å². The summed E-state index contributed by atoms with van der Waals surface area (Å²) in [5, 5.41) is 10.6. The zero-order chi connectivity index (χ0) is 18.7. The highest BCUT2D eigenvalue weighted by molar-refractivity contribution is 7.98. The number of nitriles is 1. The fraction of sp³-hybridized carbons (Fsp3) is 0.316. The average molecular weight is 386 g/mol. The number of rotatable bonds is 6. The van der Waals surface area contributed by atoms with E-state index in [0.717, 1.165) is 20.8 Å². The predicted molar refractivity (Wildman–Crippen MR) is 106 cm³/mol. The first-order chi connectivity index (χ1) is 12.6. The Balaban J connectivity index is 2.03. The van der Waals surface area contributed by atoms with Crippen LogP contribution in [0.15, 0.2) is 34.2 Å². The Morgan fingerprint density at radius 2 is 2.12 bits per heavy atom. The smallest absolute Gasteiger partial charge is 0.263 e. The van der Waals surface area contributed by atoms with Crippen LogP contribution in [-0.4, -0.2) is 23.3 Å². The number of thiophene rings is 1. The monoisotopic (exact) mass is 385 g/mol. The van der Waals surface area contributed by atoms with Gasteiger partial charge in [0, 0.05) is 17.7 Å². The van der Waals surface area contributed by atoms with Crippen LogP contribution in [0.1, 0.15) is 21.6 Å². The van der Waals surface area contributed by atoms with Crippen molar-refractivity contribution in [1.82, 2.24) is 9.55 Å². The third-order valence-corrected chi connectivity index (χ3v) is 6.39. The number of aromatic nitrogens is 2. The maximum absolute atomic E-state index is 13.0. The van der Waals surface area contributed by atoms with Crippen LogP contribution in [0.2, 0.25) is 0 Å². The van der Waals surface area contributed by atoms with Crippen molar-refractivity contribution in [1.29, 1.82) is 5.26 Å². The van der Waals surface area contributed by atoms with Crippen LogP contribution >= 0.6 is 23.1 Å². The van der Waals surface area contributed by atoms with Crippen molar-refractivity contribution in [2.24, 2.45) is 0 Å². The van der Waals surface area contributed by atoms with E-state index < -0.39 is 0 Å². The summed E-state index contributed by atoms with van der Waals surface area (Å²) in [5.74, 6) is 0.581. The molecule has 0 amide bonds. The molecule has 0 aliphatic heterocycles. The van der Waals surface area contributed by atoms with E-state index in [1.807, 2.05) is 32.0 Å². The zero-order valence-electron chi connectivity index (χ0n) is 14.9. The molecule has 26 heavy (non-hydrogen) atoms. The number of thioether (sulfide) groups is 1. The molecular weight excluding hydrogens is 366 g/mol. The Morgan fingerprint density at radius 3 is 2.85 bits per heavy atom. The molecule has 0 atom stereocenters. The van der Waals surface area contributed by atoms with Gasteiger partial charge in [-0.1, -0.05) is 30.0 Å². The minimum absolute atomic E-state index is 0.0232. The molecule has 3 rings (SSSR count). The van der Waals surface area contributed by atoms with Gasteiger partial charge in [-0.3, -0.25) is 9.36 Å². The predicted octanol–water partition coefficient (Wildman–Crippen LogP) is 3.89. The van der Waals surface area contributed by atoms with Gasteiger partial charge in [0.1, 0.15) is 4.83 Å². The van der Waals surface area contributed by atoms with Gasteiger partial charge in [-0.05, 0) is 31.0 Å². The standard InChI is InChI=1S/C19H19N3O2S2/c1-12-13(2)26-17-16(12)18(23)22(8-9-24-3)19(21-17)25-11-15-7-5-4-6-14(15)10-20/h4-7H,8-9,11H2,1-3H3. The number of fused-ring (bicyclic) bond motifs is 1. The topological polar surface area (TPSA) is 67.9 Å². The third kappa shape index (κ3) is 3.54. The maximum atomic E-state index is 13.0. The molecule has 0 N–H and O–H groups in total. The number of hydrogen-bond acceptors (Lipinski definition) is 6. The zero-order valence-corrected chi connectivity index (χ0v) is 16.5. The van der Waals surface area contributed by atoms with Gasteiger partial charge in [0.05, 0.1) is 30.2 Å².